The number of rotatable bonds is 3. The Bertz CT molecular complexity index is 2430. The van der Waals surface area contributed by atoms with Crippen LogP contribution in [0.25, 0.3) is 71.9 Å². The fourth-order valence-corrected chi connectivity index (χ4v) is 9.61. The van der Waals surface area contributed by atoms with E-state index in [0.717, 1.165) is 11.0 Å². The Morgan fingerprint density at radius 2 is 0.875 bits per heavy atom. The van der Waals surface area contributed by atoms with Crippen LogP contribution < -0.4 is 0 Å². The fraction of sp³-hybridized carbons (Fsp3) is 0. The lowest BCUT2D eigenvalue weighted by Crippen LogP contribution is -1.79. The minimum absolute atomic E-state index is 1.09. The van der Waals surface area contributed by atoms with Crippen molar-refractivity contribution in [1.82, 2.24) is 9.97 Å². The molecule has 40 heavy (non-hydrogen) atoms. The maximum Gasteiger partial charge on any atom is 0.0888 e. The van der Waals surface area contributed by atoms with Gasteiger partial charge < -0.3 is 0 Å². The molecule has 0 aliphatic carbocycles. The van der Waals surface area contributed by atoms with Crippen molar-refractivity contribution in [1.29, 1.82) is 0 Å². The van der Waals surface area contributed by atoms with Crippen molar-refractivity contribution in [2.24, 2.45) is 0 Å². The summed E-state index contributed by atoms with van der Waals surface area (Å²) in [5.41, 5.74) is 4.66. The van der Waals surface area contributed by atoms with Gasteiger partial charge in [-0.1, -0.05) is 23.9 Å². The standard InChI is InChI=1S/C34H18N2S4/c1-3-31-33(35-13-1)25-16-20(6-10-29(25)39-31)19-5-9-27-23(15-19)24-17-21(7-11-28(24)38-27)37-22-8-12-30-26(18-22)34-32(40-30)4-2-14-36-34/h1-18H. The van der Waals surface area contributed by atoms with Gasteiger partial charge in [0.1, 0.15) is 0 Å². The van der Waals surface area contributed by atoms with Crippen LogP contribution in [0.5, 0.6) is 0 Å². The van der Waals surface area contributed by atoms with E-state index in [2.05, 4.69) is 94.9 Å². The molecule has 0 fully saturated rings. The molecule has 188 valence electrons. The zero-order chi connectivity index (χ0) is 26.2. The fourth-order valence-electron chi connectivity index (χ4n) is 5.55. The van der Waals surface area contributed by atoms with Crippen LogP contribution >= 0.6 is 45.8 Å². The Morgan fingerprint density at radius 3 is 1.50 bits per heavy atom. The van der Waals surface area contributed by atoms with Crippen LogP contribution in [0.4, 0.5) is 0 Å². The maximum atomic E-state index is 4.67. The third-order valence-electron chi connectivity index (χ3n) is 7.43. The number of thiophene rings is 3. The van der Waals surface area contributed by atoms with Gasteiger partial charge in [-0.3, -0.25) is 9.97 Å². The second kappa shape index (κ2) is 8.85. The first-order valence-electron chi connectivity index (χ1n) is 13.0. The highest BCUT2D eigenvalue weighted by Crippen LogP contribution is 2.42. The SMILES string of the molecule is c1cnc2c(c1)sc1ccc(Sc3ccc4sc5ccc(-c6ccc7sc8cccnc8c7c6)cc5c4c3)cc12. The zero-order valence-electron chi connectivity index (χ0n) is 20.9. The van der Waals surface area contributed by atoms with E-state index in [0.29, 0.717) is 0 Å². The van der Waals surface area contributed by atoms with E-state index in [1.807, 2.05) is 70.3 Å². The van der Waals surface area contributed by atoms with Gasteiger partial charge in [-0.25, -0.2) is 0 Å². The lowest BCUT2D eigenvalue weighted by atomic mass is 10.0. The van der Waals surface area contributed by atoms with Gasteiger partial charge in [0.2, 0.25) is 0 Å². The summed E-state index contributed by atoms with van der Waals surface area (Å²) in [6.45, 7) is 0. The molecule has 0 bridgehead atoms. The van der Waals surface area contributed by atoms with Crippen molar-refractivity contribution in [3.63, 3.8) is 0 Å². The molecule has 0 saturated heterocycles. The van der Waals surface area contributed by atoms with Crippen molar-refractivity contribution >= 4 is 107 Å². The van der Waals surface area contributed by atoms with Gasteiger partial charge in [0, 0.05) is 62.5 Å². The van der Waals surface area contributed by atoms with E-state index in [9.17, 15) is 0 Å². The number of pyridine rings is 2. The molecule has 0 spiro atoms. The van der Waals surface area contributed by atoms with Crippen molar-refractivity contribution in [2.45, 2.75) is 9.79 Å². The predicted molar refractivity (Wildman–Crippen MR) is 177 cm³/mol. The molecule has 4 aromatic carbocycles. The number of hydrogen-bond donors (Lipinski definition) is 0. The monoisotopic (exact) mass is 582 g/mol. The van der Waals surface area contributed by atoms with Crippen molar-refractivity contribution in [3.05, 3.63) is 109 Å². The van der Waals surface area contributed by atoms with Crippen LogP contribution in [0.2, 0.25) is 0 Å². The summed E-state index contributed by atoms with van der Waals surface area (Å²) in [6, 6.07) is 35.7. The van der Waals surface area contributed by atoms with Gasteiger partial charge in [0.15, 0.2) is 0 Å². The van der Waals surface area contributed by atoms with E-state index in [4.69, 9.17) is 0 Å². The quantitative estimate of drug-likeness (QED) is 0.207. The average molecular weight is 583 g/mol. The number of aromatic nitrogens is 2. The number of benzene rings is 4. The Kier molecular flexibility index (Phi) is 5.08. The van der Waals surface area contributed by atoms with Gasteiger partial charge in [0.25, 0.3) is 0 Å². The normalized spacial score (nSPS) is 12.1. The molecule has 0 aliphatic rings. The summed E-state index contributed by atoms with van der Waals surface area (Å²) in [5.74, 6) is 0. The van der Waals surface area contributed by atoms with E-state index in [1.54, 1.807) is 0 Å². The molecule has 9 aromatic rings. The molecule has 0 unspecified atom stereocenters. The van der Waals surface area contributed by atoms with Crippen molar-refractivity contribution in [3.8, 4) is 11.1 Å². The van der Waals surface area contributed by atoms with Crippen LogP contribution in [-0.4, -0.2) is 9.97 Å². The van der Waals surface area contributed by atoms with Gasteiger partial charge in [-0.05, 0) is 96.1 Å². The minimum Gasteiger partial charge on any atom is -0.255 e. The molecule has 5 heterocycles. The highest BCUT2D eigenvalue weighted by atomic mass is 32.2. The summed E-state index contributed by atoms with van der Waals surface area (Å²) < 4.78 is 7.69. The zero-order valence-corrected chi connectivity index (χ0v) is 24.2. The lowest BCUT2D eigenvalue weighted by molar-refractivity contribution is 1.43. The van der Waals surface area contributed by atoms with E-state index in [-0.39, 0.29) is 0 Å². The van der Waals surface area contributed by atoms with Crippen LogP contribution in [0, 0.1) is 0 Å². The largest absolute Gasteiger partial charge is 0.255 e. The second-order valence-electron chi connectivity index (χ2n) is 9.85. The van der Waals surface area contributed by atoms with Gasteiger partial charge >= 0.3 is 0 Å². The summed E-state index contributed by atoms with van der Waals surface area (Å²) in [4.78, 5) is 11.8. The van der Waals surface area contributed by atoms with Gasteiger partial charge in [0.05, 0.1) is 20.4 Å². The maximum absolute atomic E-state index is 4.67. The van der Waals surface area contributed by atoms with Gasteiger partial charge in [-0.2, -0.15) is 0 Å². The molecule has 2 nitrogen and oxygen atoms in total. The minimum atomic E-state index is 1.09. The van der Waals surface area contributed by atoms with E-state index < -0.39 is 0 Å². The van der Waals surface area contributed by atoms with E-state index in [1.165, 1.54) is 70.7 Å². The molecular weight excluding hydrogens is 565 g/mol. The molecule has 0 radical (unpaired) electrons. The van der Waals surface area contributed by atoms with Crippen LogP contribution in [-0.2, 0) is 0 Å². The van der Waals surface area contributed by atoms with E-state index >= 15 is 0 Å². The summed E-state index contributed by atoms with van der Waals surface area (Å²) in [6.07, 6.45) is 3.77. The van der Waals surface area contributed by atoms with Crippen molar-refractivity contribution in [2.75, 3.05) is 0 Å². The molecular formula is C34H18N2S4. The predicted octanol–water partition coefficient (Wildman–Crippen LogP) is 11.4. The molecule has 0 aliphatic heterocycles. The average Bonchev–Trinajstić information content (AvgIpc) is 3.67. The molecule has 0 atom stereocenters. The Balaban J connectivity index is 1.13. The first-order chi connectivity index (χ1) is 19.8. The number of nitrogens with zero attached hydrogens (tertiary/aromatic N) is 2. The molecule has 6 heteroatoms. The third-order valence-corrected chi connectivity index (χ3v) is 11.8. The summed E-state index contributed by atoms with van der Waals surface area (Å²) in [7, 11) is 0. The molecule has 5 aromatic heterocycles. The molecule has 9 rings (SSSR count). The summed E-state index contributed by atoms with van der Waals surface area (Å²) in [5, 5.41) is 5.11. The summed E-state index contributed by atoms with van der Waals surface area (Å²) >= 11 is 7.30. The molecule has 0 saturated carbocycles. The van der Waals surface area contributed by atoms with Crippen LogP contribution in [0.1, 0.15) is 0 Å². The lowest BCUT2D eigenvalue weighted by Gasteiger charge is -2.05. The Morgan fingerprint density at radius 1 is 0.425 bits per heavy atom. The van der Waals surface area contributed by atoms with Crippen LogP contribution in [0.15, 0.2) is 119 Å². The Labute approximate surface area is 245 Å². The van der Waals surface area contributed by atoms with Gasteiger partial charge in [-0.15, -0.1) is 34.0 Å². The first kappa shape index (κ1) is 22.9. The number of hydrogen-bond acceptors (Lipinski definition) is 6. The Hall–Kier alpha value is -3.81. The smallest absolute Gasteiger partial charge is 0.0888 e. The van der Waals surface area contributed by atoms with Crippen LogP contribution in [0.3, 0.4) is 0 Å². The topological polar surface area (TPSA) is 25.8 Å². The second-order valence-corrected chi connectivity index (χ2v) is 14.2. The van der Waals surface area contributed by atoms with Crippen molar-refractivity contribution < 1.29 is 0 Å². The highest BCUT2D eigenvalue weighted by molar-refractivity contribution is 7.99. The molecule has 0 amide bonds. The number of fused-ring (bicyclic) bond motifs is 9. The highest BCUT2D eigenvalue weighted by Gasteiger charge is 2.12. The first-order valence-corrected chi connectivity index (χ1v) is 16.2. The molecule has 0 N–H and O–H groups in total. The third kappa shape index (κ3) is 3.61.